The normalized spacial score (nSPS) is 12.8. The number of nitrogens with one attached hydrogen (secondary N) is 1. The minimum atomic E-state index is 0.572. The zero-order valence-electron chi connectivity index (χ0n) is 12.1. The van der Waals surface area contributed by atoms with Gasteiger partial charge in [0, 0.05) is 6.54 Å². The van der Waals surface area contributed by atoms with Crippen molar-refractivity contribution in [2.45, 2.75) is 25.8 Å². The van der Waals surface area contributed by atoms with Gasteiger partial charge in [0.05, 0.1) is 5.56 Å². The first-order valence-electron chi connectivity index (χ1n) is 7.27. The Balaban J connectivity index is 1.86. The molecule has 2 aromatic carbocycles. The molecule has 1 N–H and O–H groups in total. The molecule has 2 aromatic rings. The second kappa shape index (κ2) is 5.99. The smallest absolute Gasteiger partial charge is 0.145 e. The summed E-state index contributed by atoms with van der Waals surface area (Å²) in [5.41, 5.74) is 4.45. The lowest BCUT2D eigenvalue weighted by atomic mass is 10.1. The van der Waals surface area contributed by atoms with E-state index in [9.17, 15) is 5.26 Å². The minimum absolute atomic E-state index is 0.572. The molecule has 1 aliphatic carbocycles. The van der Waals surface area contributed by atoms with Gasteiger partial charge in [-0.25, -0.2) is 0 Å². The SMILES string of the molecule is CNCc1ccc(Oc2ccc3c(c2)CCC3)c(C#N)c1. The molecule has 0 heterocycles. The number of hydrogen-bond acceptors (Lipinski definition) is 3. The van der Waals surface area contributed by atoms with Crippen LogP contribution in [0.3, 0.4) is 0 Å². The fourth-order valence-corrected chi connectivity index (χ4v) is 2.81. The summed E-state index contributed by atoms with van der Waals surface area (Å²) in [7, 11) is 1.89. The van der Waals surface area contributed by atoms with Gasteiger partial charge in [-0.05, 0) is 67.3 Å². The largest absolute Gasteiger partial charge is 0.456 e. The molecule has 1 aliphatic rings. The minimum Gasteiger partial charge on any atom is -0.456 e. The van der Waals surface area contributed by atoms with Crippen molar-refractivity contribution in [3.8, 4) is 17.6 Å². The molecule has 0 saturated heterocycles. The predicted octanol–water partition coefficient (Wildman–Crippen LogP) is 3.56. The summed E-state index contributed by atoms with van der Waals surface area (Å²) in [6, 6.07) is 14.2. The van der Waals surface area contributed by atoms with Gasteiger partial charge in [-0.2, -0.15) is 5.26 Å². The van der Waals surface area contributed by atoms with E-state index in [2.05, 4.69) is 23.5 Å². The van der Waals surface area contributed by atoms with E-state index in [1.165, 1.54) is 17.5 Å². The quantitative estimate of drug-likeness (QED) is 0.930. The zero-order valence-corrected chi connectivity index (χ0v) is 12.1. The van der Waals surface area contributed by atoms with Crippen LogP contribution < -0.4 is 10.1 Å². The number of benzene rings is 2. The molecule has 3 nitrogen and oxygen atoms in total. The highest BCUT2D eigenvalue weighted by molar-refractivity contribution is 5.48. The second-order valence-corrected chi connectivity index (χ2v) is 5.36. The van der Waals surface area contributed by atoms with Gasteiger partial charge in [0.2, 0.25) is 0 Å². The molecular weight excluding hydrogens is 260 g/mol. The van der Waals surface area contributed by atoms with Gasteiger partial charge in [0.15, 0.2) is 0 Å². The molecule has 0 fully saturated rings. The highest BCUT2D eigenvalue weighted by Crippen LogP contribution is 2.30. The third kappa shape index (κ3) is 2.91. The molecule has 106 valence electrons. The van der Waals surface area contributed by atoms with Crippen LogP contribution in [0.1, 0.15) is 28.7 Å². The Bertz CT molecular complexity index is 701. The lowest BCUT2D eigenvalue weighted by molar-refractivity contribution is 0.480. The Labute approximate surface area is 125 Å². The van der Waals surface area contributed by atoms with Crippen LogP contribution in [0.5, 0.6) is 11.5 Å². The average molecular weight is 278 g/mol. The van der Waals surface area contributed by atoms with Crippen molar-refractivity contribution in [3.63, 3.8) is 0 Å². The molecule has 0 unspecified atom stereocenters. The fraction of sp³-hybridized carbons (Fsp3) is 0.278. The third-order valence-corrected chi connectivity index (χ3v) is 3.84. The van der Waals surface area contributed by atoms with Gasteiger partial charge in [-0.15, -0.1) is 0 Å². The van der Waals surface area contributed by atoms with Crippen molar-refractivity contribution in [1.82, 2.24) is 5.32 Å². The summed E-state index contributed by atoms with van der Waals surface area (Å²) in [5, 5.41) is 12.4. The number of hydrogen-bond donors (Lipinski definition) is 1. The lowest BCUT2D eigenvalue weighted by Crippen LogP contribution is -2.05. The topological polar surface area (TPSA) is 45.0 Å². The van der Waals surface area contributed by atoms with Crippen molar-refractivity contribution in [3.05, 3.63) is 58.7 Å². The van der Waals surface area contributed by atoms with E-state index in [4.69, 9.17) is 4.74 Å². The van der Waals surface area contributed by atoms with Crippen molar-refractivity contribution < 1.29 is 4.74 Å². The molecular formula is C18H18N2O. The lowest BCUT2D eigenvalue weighted by Gasteiger charge is -2.10. The van der Waals surface area contributed by atoms with E-state index < -0.39 is 0 Å². The molecule has 0 aromatic heterocycles. The Kier molecular flexibility index (Phi) is 3.89. The van der Waals surface area contributed by atoms with Crippen LogP contribution in [0.2, 0.25) is 0 Å². The van der Waals surface area contributed by atoms with Crippen molar-refractivity contribution in [2.24, 2.45) is 0 Å². The van der Waals surface area contributed by atoms with E-state index in [1.54, 1.807) is 0 Å². The summed E-state index contributed by atoms with van der Waals surface area (Å²) in [6.45, 7) is 0.744. The van der Waals surface area contributed by atoms with Gasteiger partial charge in [0.25, 0.3) is 0 Å². The first kappa shape index (κ1) is 13.7. The number of fused-ring (bicyclic) bond motifs is 1. The summed E-state index contributed by atoms with van der Waals surface area (Å²) < 4.78 is 5.92. The maximum absolute atomic E-state index is 9.29. The van der Waals surface area contributed by atoms with Crippen LogP contribution in [-0.2, 0) is 19.4 Å². The Morgan fingerprint density at radius 1 is 1.14 bits per heavy atom. The summed E-state index contributed by atoms with van der Waals surface area (Å²) in [5.74, 6) is 1.43. The summed E-state index contributed by atoms with van der Waals surface area (Å²) in [6.07, 6.45) is 3.51. The summed E-state index contributed by atoms with van der Waals surface area (Å²) in [4.78, 5) is 0. The van der Waals surface area contributed by atoms with E-state index in [0.29, 0.717) is 11.3 Å². The van der Waals surface area contributed by atoms with E-state index >= 15 is 0 Å². The molecule has 0 radical (unpaired) electrons. The Hall–Kier alpha value is -2.31. The van der Waals surface area contributed by atoms with Crippen molar-refractivity contribution in [1.29, 1.82) is 5.26 Å². The van der Waals surface area contributed by atoms with Gasteiger partial charge in [-0.1, -0.05) is 12.1 Å². The van der Waals surface area contributed by atoms with Crippen LogP contribution in [0.25, 0.3) is 0 Å². The number of ether oxygens (including phenoxy) is 1. The summed E-state index contributed by atoms with van der Waals surface area (Å²) >= 11 is 0. The monoisotopic (exact) mass is 278 g/mol. The van der Waals surface area contributed by atoms with E-state index in [-0.39, 0.29) is 0 Å². The van der Waals surface area contributed by atoms with Gasteiger partial charge in [-0.3, -0.25) is 0 Å². The highest BCUT2D eigenvalue weighted by Gasteiger charge is 2.12. The molecule has 0 aliphatic heterocycles. The number of nitrogens with zero attached hydrogens (tertiary/aromatic N) is 1. The van der Waals surface area contributed by atoms with Crippen molar-refractivity contribution >= 4 is 0 Å². The fourth-order valence-electron chi connectivity index (χ4n) is 2.81. The predicted molar refractivity (Wildman–Crippen MR) is 82.5 cm³/mol. The zero-order chi connectivity index (χ0) is 14.7. The molecule has 0 bridgehead atoms. The van der Waals surface area contributed by atoms with Crippen LogP contribution in [0, 0.1) is 11.3 Å². The second-order valence-electron chi connectivity index (χ2n) is 5.36. The van der Waals surface area contributed by atoms with E-state index in [0.717, 1.165) is 30.7 Å². The Morgan fingerprint density at radius 2 is 2.00 bits per heavy atom. The molecule has 0 atom stereocenters. The average Bonchev–Trinajstić information content (AvgIpc) is 2.96. The first-order chi connectivity index (χ1) is 10.3. The first-order valence-corrected chi connectivity index (χ1v) is 7.27. The van der Waals surface area contributed by atoms with Crippen LogP contribution in [-0.4, -0.2) is 7.05 Å². The molecule has 0 amide bonds. The molecule has 0 saturated carbocycles. The molecule has 3 rings (SSSR count). The van der Waals surface area contributed by atoms with Gasteiger partial charge in [0.1, 0.15) is 17.6 Å². The van der Waals surface area contributed by atoms with Crippen LogP contribution in [0.15, 0.2) is 36.4 Å². The van der Waals surface area contributed by atoms with Crippen LogP contribution >= 0.6 is 0 Å². The van der Waals surface area contributed by atoms with Gasteiger partial charge >= 0.3 is 0 Å². The van der Waals surface area contributed by atoms with Crippen molar-refractivity contribution in [2.75, 3.05) is 7.05 Å². The Morgan fingerprint density at radius 3 is 2.81 bits per heavy atom. The standard InChI is InChI=1S/C18H18N2O/c1-20-12-13-5-8-18(16(9-13)11-19)21-17-7-6-14-3-2-4-15(14)10-17/h5-10,20H,2-4,12H2,1H3. The van der Waals surface area contributed by atoms with Gasteiger partial charge < -0.3 is 10.1 Å². The van der Waals surface area contributed by atoms with Crippen LogP contribution in [0.4, 0.5) is 0 Å². The molecule has 3 heteroatoms. The number of nitriles is 1. The maximum atomic E-state index is 9.29. The molecule has 0 spiro atoms. The maximum Gasteiger partial charge on any atom is 0.145 e. The molecule has 21 heavy (non-hydrogen) atoms. The number of aryl methyl sites for hydroxylation is 2. The highest BCUT2D eigenvalue weighted by atomic mass is 16.5. The number of rotatable bonds is 4. The third-order valence-electron chi connectivity index (χ3n) is 3.84. The van der Waals surface area contributed by atoms with E-state index in [1.807, 2.05) is 31.3 Å².